The van der Waals surface area contributed by atoms with Gasteiger partial charge in [0.25, 0.3) is 0 Å². The van der Waals surface area contributed by atoms with Crippen molar-refractivity contribution in [2.45, 2.75) is 98.2 Å². The van der Waals surface area contributed by atoms with Crippen molar-refractivity contribution in [3.8, 4) is 0 Å². The van der Waals surface area contributed by atoms with Crippen molar-refractivity contribution in [3.05, 3.63) is 0 Å². The second-order valence-electron chi connectivity index (χ2n) is 16.1. The van der Waals surface area contributed by atoms with E-state index in [4.69, 9.17) is 46.9 Å². The molecule has 0 aliphatic rings. The molecule has 1 unspecified atom stereocenters. The number of hydrogen-bond donors (Lipinski definition) is 8. The van der Waals surface area contributed by atoms with Gasteiger partial charge in [-0.05, 0) is 50.0 Å². The molecule has 22 heteroatoms. The lowest BCUT2D eigenvalue weighted by molar-refractivity contribution is -0.134. The predicted molar refractivity (Wildman–Crippen MR) is 237 cm³/mol. The molecule has 3 atom stereocenters. The summed E-state index contributed by atoms with van der Waals surface area (Å²) >= 11 is 0. The number of amides is 7. The summed E-state index contributed by atoms with van der Waals surface area (Å²) in [6.45, 7) is 17.7. The highest BCUT2D eigenvalue weighted by Gasteiger charge is 2.31. The zero-order chi connectivity index (χ0) is 47.1. The third-order valence-corrected chi connectivity index (χ3v) is 8.64. The van der Waals surface area contributed by atoms with Gasteiger partial charge in [-0.25, -0.2) is 4.79 Å². The Hall–Kier alpha value is -3.64. The summed E-state index contributed by atoms with van der Waals surface area (Å²) < 4.78 is 38.5. The van der Waals surface area contributed by atoms with Gasteiger partial charge in [0, 0.05) is 33.0 Å². The maximum atomic E-state index is 13.5. The first-order valence-corrected chi connectivity index (χ1v) is 22.0. The van der Waals surface area contributed by atoms with Crippen molar-refractivity contribution in [2.75, 3.05) is 119 Å². The first-order valence-electron chi connectivity index (χ1n) is 22.0. The van der Waals surface area contributed by atoms with E-state index in [2.05, 4.69) is 37.1 Å². The molecule has 21 nitrogen and oxygen atoms in total. The van der Waals surface area contributed by atoms with E-state index >= 15 is 0 Å². The molecule has 0 aromatic heterocycles. The maximum Gasteiger partial charge on any atom is 0.312 e. The second-order valence-corrected chi connectivity index (χ2v) is 16.1. The average molecular weight is 903 g/mol. The van der Waals surface area contributed by atoms with E-state index < -0.39 is 41.9 Å². The Morgan fingerprint density at radius 3 is 1.40 bits per heavy atom. The van der Waals surface area contributed by atoms with Crippen molar-refractivity contribution >= 4 is 43.5 Å². The van der Waals surface area contributed by atoms with Crippen LogP contribution in [0.2, 0.25) is 0 Å². The van der Waals surface area contributed by atoms with Crippen LogP contribution in [-0.2, 0) is 57.1 Å². The monoisotopic (exact) mass is 903 g/mol. The molecular formula is C41H79BN8O13. The molecule has 0 aromatic carbocycles. The number of ether oxygens (including phenoxy) is 7. The van der Waals surface area contributed by atoms with E-state index in [1.54, 1.807) is 13.8 Å². The van der Waals surface area contributed by atoms with E-state index in [0.717, 1.165) is 0 Å². The summed E-state index contributed by atoms with van der Waals surface area (Å²) in [5, 5.41) is 18.7. The Kier molecular flexibility index (Phi) is 36.6. The van der Waals surface area contributed by atoms with Gasteiger partial charge in [-0.2, -0.15) is 0 Å². The summed E-state index contributed by atoms with van der Waals surface area (Å²) in [5.41, 5.74) is 5.12. The number of carbonyl (C=O) groups is 6. The number of unbranched alkanes of at least 4 members (excludes halogenated alkanes) is 1. The van der Waals surface area contributed by atoms with Gasteiger partial charge in [0.2, 0.25) is 29.5 Å². The zero-order valence-corrected chi connectivity index (χ0v) is 38.7. The van der Waals surface area contributed by atoms with Gasteiger partial charge in [-0.1, -0.05) is 34.6 Å². The van der Waals surface area contributed by atoms with E-state index in [9.17, 15) is 28.8 Å². The largest absolute Gasteiger partial charge is 0.377 e. The smallest absolute Gasteiger partial charge is 0.312 e. The van der Waals surface area contributed by atoms with Gasteiger partial charge >= 0.3 is 6.03 Å². The van der Waals surface area contributed by atoms with E-state index in [1.807, 2.05) is 20.8 Å². The molecule has 2 radical (unpaired) electrons. The molecule has 0 rings (SSSR count). The Balaban J connectivity index is 4.22. The van der Waals surface area contributed by atoms with Crippen molar-refractivity contribution in [1.82, 2.24) is 37.1 Å². The molecule has 0 fully saturated rings. The van der Waals surface area contributed by atoms with Crippen LogP contribution in [0.15, 0.2) is 0 Å². The second kappa shape index (κ2) is 38.8. The standard InChI is InChI=1S/C41H79BN8O13/c1-31(2)36(50-38(54)34(48-32(3)51)10-7-8-13-47-42)39(55)49-33(11-9-12-46-40(43)56)37(53)45-15-17-58-19-21-60-23-25-62-27-29-63-28-26-61-24-22-59-20-18-57-16-14-44-35(52)30-41(4,5)6/h31,33-34,36,47H,7-30H2,1-6H3,(H,44,52)(H,45,53)(H,48,51)(H,49,55)(H,50,54)(H3,43,46,56)/t33-,34-,36?/m0/s1. The first kappa shape index (κ1) is 59.4. The molecule has 0 aliphatic carbocycles. The lowest BCUT2D eigenvalue weighted by Crippen LogP contribution is -2.58. The zero-order valence-electron chi connectivity index (χ0n) is 38.7. The summed E-state index contributed by atoms with van der Waals surface area (Å²) in [5.74, 6) is -2.28. The number of primary amides is 1. The fourth-order valence-corrected chi connectivity index (χ4v) is 5.52. The quantitative estimate of drug-likeness (QED) is 0.0276. The van der Waals surface area contributed by atoms with Crippen LogP contribution in [0.5, 0.6) is 0 Å². The molecule has 0 bridgehead atoms. The van der Waals surface area contributed by atoms with E-state index in [0.29, 0.717) is 124 Å². The lowest BCUT2D eigenvalue weighted by Gasteiger charge is -2.27. The Bertz CT molecular complexity index is 1250. The highest BCUT2D eigenvalue weighted by atomic mass is 16.6. The average Bonchev–Trinajstić information content (AvgIpc) is 3.20. The summed E-state index contributed by atoms with van der Waals surface area (Å²) in [6, 6.07) is -3.55. The van der Waals surface area contributed by atoms with Gasteiger partial charge in [0.15, 0.2) is 7.98 Å². The van der Waals surface area contributed by atoms with E-state index in [1.165, 1.54) is 6.92 Å². The summed E-state index contributed by atoms with van der Waals surface area (Å²) in [4.78, 5) is 74.5. The predicted octanol–water partition coefficient (Wildman–Crippen LogP) is -0.807. The number of hydrogen-bond acceptors (Lipinski definition) is 14. The van der Waals surface area contributed by atoms with Crippen molar-refractivity contribution in [3.63, 3.8) is 0 Å². The number of rotatable bonds is 41. The number of urea groups is 1. The molecule has 0 saturated carbocycles. The Morgan fingerprint density at radius 2 is 0.968 bits per heavy atom. The van der Waals surface area contributed by atoms with Gasteiger partial charge in [0.05, 0.1) is 92.5 Å². The normalized spacial score (nSPS) is 12.9. The molecule has 9 N–H and O–H groups in total. The number of nitrogens with two attached hydrogens (primary N) is 1. The third-order valence-electron chi connectivity index (χ3n) is 8.64. The van der Waals surface area contributed by atoms with Crippen LogP contribution in [-0.4, -0.2) is 180 Å². The summed E-state index contributed by atoms with van der Waals surface area (Å²) in [6.07, 6.45) is 2.62. The van der Waals surface area contributed by atoms with Gasteiger partial charge in [0.1, 0.15) is 18.1 Å². The fraction of sp³-hybridized carbons (Fsp3) is 0.854. The molecule has 63 heavy (non-hydrogen) atoms. The molecule has 0 aliphatic heterocycles. The summed E-state index contributed by atoms with van der Waals surface area (Å²) in [7, 11) is 5.32. The minimum atomic E-state index is -1.00. The van der Waals surface area contributed by atoms with Gasteiger partial charge in [-0.3, -0.25) is 24.0 Å². The van der Waals surface area contributed by atoms with Crippen molar-refractivity contribution in [1.29, 1.82) is 0 Å². The Morgan fingerprint density at radius 1 is 0.524 bits per heavy atom. The maximum absolute atomic E-state index is 13.5. The SMILES string of the molecule is [B]NCCCC[C@H](NC(C)=O)C(=O)NC(C(=O)N[C@@H](CCCNC(N)=O)C(=O)NCCOCCOCCOCCOCCOCCOCCOCCNC(=O)CC(C)(C)C)C(C)C. The molecule has 0 spiro atoms. The first-order chi connectivity index (χ1) is 30.1. The molecule has 364 valence electrons. The molecular weight excluding hydrogens is 823 g/mol. The third kappa shape index (κ3) is 37.5. The van der Waals surface area contributed by atoms with Crippen LogP contribution in [0.25, 0.3) is 0 Å². The minimum absolute atomic E-state index is 0.0236. The molecule has 0 aromatic rings. The highest BCUT2D eigenvalue weighted by molar-refractivity contribution is 6.04. The number of nitrogens with one attached hydrogen (secondary N) is 7. The van der Waals surface area contributed by atoms with Crippen molar-refractivity contribution in [2.24, 2.45) is 17.1 Å². The van der Waals surface area contributed by atoms with Crippen LogP contribution >= 0.6 is 0 Å². The minimum Gasteiger partial charge on any atom is -0.377 e. The topological polar surface area (TPSA) is 277 Å². The molecule has 7 amide bonds. The van der Waals surface area contributed by atoms with E-state index in [-0.39, 0.29) is 55.9 Å². The highest BCUT2D eigenvalue weighted by Crippen LogP contribution is 2.17. The van der Waals surface area contributed by atoms with Gasteiger partial charge in [-0.15, -0.1) is 0 Å². The fourth-order valence-electron chi connectivity index (χ4n) is 5.52. The van der Waals surface area contributed by atoms with Crippen LogP contribution in [0.1, 0.15) is 80.1 Å². The Labute approximate surface area is 375 Å². The van der Waals surface area contributed by atoms with Crippen LogP contribution < -0.4 is 42.9 Å². The van der Waals surface area contributed by atoms with Gasteiger partial charge < -0.3 is 76.0 Å². The molecule has 0 saturated heterocycles. The van der Waals surface area contributed by atoms with Crippen LogP contribution in [0.3, 0.4) is 0 Å². The van der Waals surface area contributed by atoms with Crippen molar-refractivity contribution < 1.29 is 61.9 Å². The lowest BCUT2D eigenvalue weighted by atomic mass is 9.92. The van der Waals surface area contributed by atoms with Crippen LogP contribution in [0, 0.1) is 11.3 Å². The van der Waals surface area contributed by atoms with Crippen LogP contribution in [0.4, 0.5) is 4.79 Å². The number of carbonyl (C=O) groups excluding carboxylic acids is 6. The molecule has 0 heterocycles.